The van der Waals surface area contributed by atoms with E-state index in [1.54, 1.807) is 19.1 Å². The molecule has 7 nitrogen and oxygen atoms in total. The van der Waals surface area contributed by atoms with Gasteiger partial charge in [0.15, 0.2) is 0 Å². The maximum absolute atomic E-state index is 11.4. The van der Waals surface area contributed by atoms with Gasteiger partial charge in [0, 0.05) is 6.08 Å². The first-order valence-electron chi connectivity index (χ1n) is 5.81. The zero-order valence-corrected chi connectivity index (χ0v) is 10.4. The molecule has 0 spiro atoms. The van der Waals surface area contributed by atoms with Crippen molar-refractivity contribution in [2.75, 3.05) is 6.61 Å². The predicted octanol–water partition coefficient (Wildman–Crippen LogP) is -1.54. The maximum Gasteiger partial charge on any atom is 0.333 e. The molecule has 4 N–H and O–H groups in total. The molecule has 1 saturated heterocycles. The Balaban J connectivity index is 2.64. The molecule has 0 bridgehead atoms. The van der Waals surface area contributed by atoms with Gasteiger partial charge in [-0.15, -0.1) is 0 Å². The van der Waals surface area contributed by atoms with Crippen molar-refractivity contribution in [2.45, 2.75) is 37.6 Å². The molecule has 1 rings (SSSR count). The molecule has 7 heteroatoms. The molecule has 0 aromatic rings. The second kappa shape index (κ2) is 7.37. The minimum Gasteiger partial charge on any atom is -0.430 e. The summed E-state index contributed by atoms with van der Waals surface area (Å²) in [6.07, 6.45) is -1.32. The molecule has 0 aromatic carbocycles. The van der Waals surface area contributed by atoms with Crippen LogP contribution in [0, 0.1) is 0 Å². The lowest BCUT2D eigenvalue weighted by Gasteiger charge is -2.38. The van der Waals surface area contributed by atoms with Crippen LogP contribution in [0.25, 0.3) is 0 Å². The first-order valence-corrected chi connectivity index (χ1v) is 5.81. The van der Waals surface area contributed by atoms with Crippen molar-refractivity contribution in [1.82, 2.24) is 0 Å². The summed E-state index contributed by atoms with van der Waals surface area (Å²) in [5, 5.41) is 37.6. The third kappa shape index (κ3) is 4.12. The number of carbonyl (C=O) groups excluding carboxylic acids is 1. The standard InChI is InChI=1S/C12H18O7/c1-2-3-4-5-8(14)19-12-11(17)10(16)9(15)7(6-13)18-12/h2-5,7,9-13,15-17H,6H2,1H3/b3-2+,5-4+/t7-,9-,10+,11-,12?/m1/s1. The van der Waals surface area contributed by atoms with Crippen LogP contribution >= 0.6 is 0 Å². The molecule has 0 aromatic heterocycles. The molecular weight excluding hydrogens is 256 g/mol. The summed E-state index contributed by atoms with van der Waals surface area (Å²) in [4.78, 5) is 11.4. The van der Waals surface area contributed by atoms with Crippen LogP contribution in [0.5, 0.6) is 0 Å². The third-order valence-corrected chi connectivity index (χ3v) is 2.62. The molecule has 1 fully saturated rings. The molecular formula is C12H18O7. The van der Waals surface area contributed by atoms with Crippen LogP contribution in [0.4, 0.5) is 0 Å². The molecule has 0 amide bonds. The Labute approximate surface area is 110 Å². The maximum atomic E-state index is 11.4. The largest absolute Gasteiger partial charge is 0.430 e. The first-order chi connectivity index (χ1) is 9.01. The Morgan fingerprint density at radius 1 is 1.21 bits per heavy atom. The Morgan fingerprint density at radius 3 is 2.47 bits per heavy atom. The normalized spacial score (nSPS) is 35.9. The highest BCUT2D eigenvalue weighted by molar-refractivity contribution is 5.82. The number of hydrogen-bond acceptors (Lipinski definition) is 7. The number of aliphatic hydroxyl groups excluding tert-OH is 4. The first kappa shape index (κ1) is 15.8. The summed E-state index contributed by atoms with van der Waals surface area (Å²) in [7, 11) is 0. The van der Waals surface area contributed by atoms with Crippen molar-refractivity contribution >= 4 is 5.97 Å². The van der Waals surface area contributed by atoms with E-state index in [-0.39, 0.29) is 0 Å². The quantitative estimate of drug-likeness (QED) is 0.279. The fourth-order valence-corrected chi connectivity index (χ4v) is 1.56. The Kier molecular flexibility index (Phi) is 6.13. The highest BCUT2D eigenvalue weighted by Crippen LogP contribution is 2.22. The van der Waals surface area contributed by atoms with Gasteiger partial charge in [-0.05, 0) is 6.92 Å². The summed E-state index contributed by atoms with van der Waals surface area (Å²) >= 11 is 0. The van der Waals surface area contributed by atoms with Gasteiger partial charge in [-0.3, -0.25) is 0 Å². The Bertz CT molecular complexity index is 350. The number of aliphatic hydroxyl groups is 4. The molecule has 108 valence electrons. The summed E-state index contributed by atoms with van der Waals surface area (Å²) < 4.78 is 9.79. The van der Waals surface area contributed by atoms with E-state index in [9.17, 15) is 20.1 Å². The van der Waals surface area contributed by atoms with Crippen LogP contribution in [-0.4, -0.2) is 63.7 Å². The van der Waals surface area contributed by atoms with Crippen LogP contribution in [0.3, 0.4) is 0 Å². The van der Waals surface area contributed by atoms with E-state index in [1.807, 2.05) is 0 Å². The van der Waals surface area contributed by atoms with Crippen LogP contribution < -0.4 is 0 Å². The number of ether oxygens (including phenoxy) is 2. The van der Waals surface area contributed by atoms with Crippen molar-refractivity contribution in [2.24, 2.45) is 0 Å². The van der Waals surface area contributed by atoms with Gasteiger partial charge in [-0.25, -0.2) is 4.79 Å². The van der Waals surface area contributed by atoms with Crippen LogP contribution in [0.1, 0.15) is 6.92 Å². The zero-order chi connectivity index (χ0) is 14.4. The van der Waals surface area contributed by atoms with Gasteiger partial charge < -0.3 is 29.9 Å². The van der Waals surface area contributed by atoms with Gasteiger partial charge in [0.25, 0.3) is 0 Å². The zero-order valence-electron chi connectivity index (χ0n) is 10.4. The van der Waals surface area contributed by atoms with E-state index in [0.717, 1.165) is 6.08 Å². The van der Waals surface area contributed by atoms with Crippen molar-refractivity contribution < 1.29 is 34.7 Å². The van der Waals surface area contributed by atoms with Gasteiger partial charge in [0.05, 0.1) is 6.61 Å². The second-order valence-corrected chi connectivity index (χ2v) is 4.02. The molecule has 1 aliphatic heterocycles. The van der Waals surface area contributed by atoms with Crippen molar-refractivity contribution in [3.63, 3.8) is 0 Å². The Morgan fingerprint density at radius 2 is 1.89 bits per heavy atom. The summed E-state index contributed by atoms with van der Waals surface area (Å²) in [6, 6.07) is 0. The number of rotatable bonds is 4. The highest BCUT2D eigenvalue weighted by Gasteiger charge is 2.45. The highest BCUT2D eigenvalue weighted by atomic mass is 16.7. The summed E-state index contributed by atoms with van der Waals surface area (Å²) in [5.41, 5.74) is 0. The average molecular weight is 274 g/mol. The lowest BCUT2D eigenvalue weighted by molar-refractivity contribution is -0.291. The van der Waals surface area contributed by atoms with Crippen LogP contribution in [0.2, 0.25) is 0 Å². The molecule has 0 saturated carbocycles. The summed E-state index contributed by atoms with van der Waals surface area (Å²) in [5.74, 6) is -0.776. The van der Waals surface area contributed by atoms with Gasteiger partial charge in [-0.2, -0.15) is 0 Å². The second-order valence-electron chi connectivity index (χ2n) is 4.02. The van der Waals surface area contributed by atoms with E-state index in [1.165, 1.54) is 6.08 Å². The fraction of sp³-hybridized carbons (Fsp3) is 0.583. The third-order valence-electron chi connectivity index (χ3n) is 2.62. The van der Waals surface area contributed by atoms with Crippen LogP contribution in [0.15, 0.2) is 24.3 Å². The molecule has 1 unspecified atom stereocenters. The van der Waals surface area contributed by atoms with Crippen molar-refractivity contribution in [1.29, 1.82) is 0 Å². The monoisotopic (exact) mass is 274 g/mol. The number of esters is 1. The van der Waals surface area contributed by atoms with Gasteiger partial charge in [0.1, 0.15) is 24.4 Å². The van der Waals surface area contributed by atoms with E-state index in [4.69, 9.17) is 14.6 Å². The van der Waals surface area contributed by atoms with Crippen molar-refractivity contribution in [3.8, 4) is 0 Å². The molecule has 19 heavy (non-hydrogen) atoms. The average Bonchev–Trinajstić information content (AvgIpc) is 2.39. The number of carbonyl (C=O) groups is 1. The van der Waals surface area contributed by atoms with E-state index >= 15 is 0 Å². The van der Waals surface area contributed by atoms with Crippen molar-refractivity contribution in [3.05, 3.63) is 24.3 Å². The number of allylic oxidation sites excluding steroid dienone is 3. The number of hydrogen-bond donors (Lipinski definition) is 4. The Hall–Kier alpha value is -1.25. The lowest BCUT2D eigenvalue weighted by atomic mass is 9.99. The minimum absolute atomic E-state index is 0.576. The fourth-order valence-electron chi connectivity index (χ4n) is 1.56. The predicted molar refractivity (Wildman–Crippen MR) is 63.8 cm³/mol. The van der Waals surface area contributed by atoms with E-state index in [0.29, 0.717) is 0 Å². The van der Waals surface area contributed by atoms with Crippen LogP contribution in [-0.2, 0) is 14.3 Å². The molecule has 1 aliphatic rings. The van der Waals surface area contributed by atoms with E-state index < -0.39 is 43.3 Å². The van der Waals surface area contributed by atoms with E-state index in [2.05, 4.69) is 0 Å². The SMILES string of the molecule is C/C=C/C=C/C(=O)OC1O[C@H](CO)[C@@H](O)[C@H](O)[C@H]1O. The molecule has 0 aliphatic carbocycles. The molecule has 1 heterocycles. The summed E-state index contributed by atoms with van der Waals surface area (Å²) in [6.45, 7) is 1.20. The van der Waals surface area contributed by atoms with Gasteiger partial charge in [-0.1, -0.05) is 18.2 Å². The minimum atomic E-state index is -1.59. The van der Waals surface area contributed by atoms with Gasteiger partial charge in [0.2, 0.25) is 6.29 Å². The van der Waals surface area contributed by atoms with Gasteiger partial charge >= 0.3 is 5.97 Å². The smallest absolute Gasteiger partial charge is 0.333 e. The topological polar surface area (TPSA) is 116 Å². The molecule has 5 atom stereocenters. The lowest BCUT2D eigenvalue weighted by Crippen LogP contribution is -2.59. The molecule has 0 radical (unpaired) electrons.